The van der Waals surface area contributed by atoms with E-state index in [-0.39, 0.29) is 4.90 Å². The summed E-state index contributed by atoms with van der Waals surface area (Å²) >= 11 is 0. The van der Waals surface area contributed by atoms with Gasteiger partial charge < -0.3 is 39.5 Å². The van der Waals surface area contributed by atoms with Gasteiger partial charge in [-0.2, -0.15) is 0 Å². The van der Waals surface area contributed by atoms with Crippen molar-refractivity contribution in [2.24, 2.45) is 14.1 Å². The van der Waals surface area contributed by atoms with Gasteiger partial charge in [0.05, 0.1) is 4.90 Å². The summed E-state index contributed by atoms with van der Waals surface area (Å²) in [6.07, 6.45) is 27.5. The molecule has 0 radical (unpaired) electrons. The van der Waals surface area contributed by atoms with Crippen molar-refractivity contribution in [2.75, 3.05) is 53.9 Å². The number of nitrogens with one attached hydrogen (secondary N) is 9. The normalized spacial score (nSPS) is 11.5. The molecule has 0 spiro atoms. The molecule has 4 aromatic heterocycles. The first-order chi connectivity index (χ1) is 62.6. The Morgan fingerprint density at radius 1 is 0.349 bits per heavy atom. The summed E-state index contributed by atoms with van der Waals surface area (Å²) in [6.45, 7) is 7.45. The Hall–Kier alpha value is -14.0. The van der Waals surface area contributed by atoms with Crippen LogP contribution in [-0.4, -0.2) is 151 Å². The molecule has 129 heavy (non-hydrogen) atoms. The third-order valence-corrected chi connectivity index (χ3v) is 23.1. The van der Waals surface area contributed by atoms with Gasteiger partial charge in [0.2, 0.25) is 10.0 Å². The molecule has 0 fully saturated rings. The molecule has 14 rings (SSSR count). The quantitative estimate of drug-likeness (QED) is 0.00759. The standard InChI is InChI=1S/C22H25N3O2.2C21H23N3O2.C20H21N3O2.C18H20N2O4S/c1-24(14-13-19-16-25(2)21-6-4-3-5-20(19)21)15-18-9-7-17(8-10-18)11-12-22(26)23-27;1-24(13-12-18-14-22-20-5-3-2-4-19(18)20)15-17-8-6-16(7-9-17)10-11-21(25)23-26;1-24-15-18(19-4-2-3-5-20(19)24)12-13-22-14-17-8-6-16(7-9-17)10-11-21(25)23-26;24-20(23-25)10-9-15-5-7-16(8-6-15)13-21-12-11-17-14-22-19-4-2-1-3-18(17)19;1-20(13-12-15-6-3-2-4-7-15)25(23,24)17-9-5-8-16(14-17)10-11-18(21)19-22/h3-12,16,27H,13-15H2,1-2H3,(H,23,26);2-11,14,22,26H,12-13,15H2,1H3,(H,23,25);2-11,15,22,26H,12-14H2,1H3,(H,23,25);1-10,14,21-22,25H,11-13H2,(H,23,24);2-11,14,22H,12-13H2,1H3,(H,19,21)/b12-11+;2*11-10+;10-9+;11-10+. The topological polar surface area (TPSA) is 356 Å². The lowest BCUT2D eigenvalue weighted by Crippen LogP contribution is -2.29. The highest BCUT2D eigenvalue weighted by atomic mass is 32.2. The number of carbonyl (C=O) groups is 5. The molecular formula is C102H112N14O12S. The number of hydrogen-bond acceptors (Lipinski definition) is 16. The van der Waals surface area contributed by atoms with Crippen LogP contribution in [-0.2, 0) is 106 Å². The Bertz CT molecular complexity index is 6220. The molecule has 0 saturated heterocycles. The van der Waals surface area contributed by atoms with Gasteiger partial charge in [0.25, 0.3) is 29.5 Å². The Balaban J connectivity index is 0.000000168. The maximum Gasteiger partial charge on any atom is 0.267 e. The second-order valence-electron chi connectivity index (χ2n) is 30.8. The number of H-pyrrole nitrogens is 2. The number of aromatic amines is 2. The number of fused-ring (bicyclic) bond motifs is 4. The number of hydroxylamine groups is 5. The van der Waals surface area contributed by atoms with Crippen molar-refractivity contribution < 1.29 is 58.4 Å². The van der Waals surface area contributed by atoms with E-state index in [0.717, 1.165) is 112 Å². The molecule has 14 N–H and O–H groups in total. The average Bonchev–Trinajstić information content (AvgIpc) is 1.71. The third-order valence-electron chi connectivity index (χ3n) is 21.3. The molecule has 4 heterocycles. The Morgan fingerprint density at radius 3 is 1.10 bits per heavy atom. The number of hydrogen-bond donors (Lipinski definition) is 14. The molecule has 0 saturated carbocycles. The second-order valence-corrected chi connectivity index (χ2v) is 32.8. The highest BCUT2D eigenvalue weighted by molar-refractivity contribution is 7.89. The highest BCUT2D eigenvalue weighted by Gasteiger charge is 2.21. The van der Waals surface area contributed by atoms with E-state index in [1.54, 1.807) is 65.4 Å². The predicted octanol–water partition coefficient (Wildman–Crippen LogP) is 14.8. The molecule has 0 aliphatic carbocycles. The fraction of sp³-hybridized carbons (Fsp3) is 0.186. The molecule has 0 aliphatic heterocycles. The fourth-order valence-corrected chi connectivity index (χ4v) is 15.5. The Morgan fingerprint density at radius 2 is 0.690 bits per heavy atom. The van der Waals surface area contributed by atoms with Crippen LogP contribution in [0.5, 0.6) is 0 Å². The first-order valence-corrected chi connectivity index (χ1v) is 43.5. The Labute approximate surface area is 751 Å². The predicted molar refractivity (Wildman–Crippen MR) is 510 cm³/mol. The molecule has 14 aromatic rings. The second kappa shape index (κ2) is 50.9. The maximum absolute atomic E-state index is 12.7. The molecular weight excluding hydrogens is 1650 g/mol. The largest absolute Gasteiger partial charge is 0.361 e. The number of aromatic nitrogens is 4. The van der Waals surface area contributed by atoms with Crippen LogP contribution in [0.1, 0.15) is 77.9 Å². The van der Waals surface area contributed by atoms with Crippen LogP contribution >= 0.6 is 0 Å². The molecule has 0 atom stereocenters. The monoisotopic (exact) mass is 1760 g/mol. The summed E-state index contributed by atoms with van der Waals surface area (Å²) in [4.78, 5) is 66.3. The molecule has 0 bridgehead atoms. The number of likely N-dealkylation sites (N-methyl/N-ethyl adjacent to an activating group) is 3. The van der Waals surface area contributed by atoms with Crippen LogP contribution in [0.2, 0.25) is 0 Å². The summed E-state index contributed by atoms with van der Waals surface area (Å²) in [6, 6.07) is 81.6. The van der Waals surface area contributed by atoms with Crippen LogP contribution in [0.4, 0.5) is 0 Å². The van der Waals surface area contributed by atoms with Gasteiger partial charge in [-0.05, 0) is 204 Å². The molecule has 5 amide bonds. The number of benzene rings is 10. The van der Waals surface area contributed by atoms with E-state index in [1.165, 1.54) is 140 Å². The van der Waals surface area contributed by atoms with Gasteiger partial charge in [-0.15, -0.1) is 0 Å². The number of rotatable bonds is 35. The fourth-order valence-electron chi connectivity index (χ4n) is 14.3. The first-order valence-electron chi connectivity index (χ1n) is 42.1. The van der Waals surface area contributed by atoms with Crippen molar-refractivity contribution in [3.63, 3.8) is 0 Å². The third kappa shape index (κ3) is 31.2. The molecule has 668 valence electrons. The summed E-state index contributed by atoms with van der Waals surface area (Å²) in [5.74, 6) is -2.83. The number of aryl methyl sites for hydroxylation is 2. The van der Waals surface area contributed by atoms with Crippen molar-refractivity contribution in [2.45, 2.75) is 63.2 Å². The molecule has 27 heteroatoms. The van der Waals surface area contributed by atoms with E-state index in [4.69, 9.17) is 26.0 Å². The first kappa shape index (κ1) is 97.2. The highest BCUT2D eigenvalue weighted by Crippen LogP contribution is 2.26. The van der Waals surface area contributed by atoms with Gasteiger partial charge in [0.15, 0.2) is 0 Å². The summed E-state index contributed by atoms with van der Waals surface area (Å²) in [7, 11) is 6.34. The van der Waals surface area contributed by atoms with Crippen molar-refractivity contribution >= 4 is 114 Å². The molecule has 0 aliphatic rings. The summed E-state index contributed by atoms with van der Waals surface area (Å²) < 4.78 is 31.0. The van der Waals surface area contributed by atoms with Gasteiger partial charge in [-0.3, -0.25) is 50.0 Å². The molecule has 0 unspecified atom stereocenters. The van der Waals surface area contributed by atoms with E-state index >= 15 is 0 Å². The zero-order valence-electron chi connectivity index (χ0n) is 72.9. The zero-order valence-corrected chi connectivity index (χ0v) is 73.7. The number of carbonyl (C=O) groups excluding carboxylic acids is 5. The molecule has 10 aromatic carbocycles. The van der Waals surface area contributed by atoms with Crippen LogP contribution in [0.15, 0.2) is 309 Å². The minimum atomic E-state index is -3.63. The minimum absolute atomic E-state index is 0.148. The van der Waals surface area contributed by atoms with Crippen molar-refractivity contribution in [1.82, 2.24) is 71.2 Å². The van der Waals surface area contributed by atoms with Crippen molar-refractivity contribution in [1.29, 1.82) is 0 Å². The average molecular weight is 1760 g/mol. The van der Waals surface area contributed by atoms with E-state index < -0.39 is 39.6 Å². The lowest BCUT2D eigenvalue weighted by atomic mass is 10.1. The lowest BCUT2D eigenvalue weighted by Gasteiger charge is -2.17. The van der Waals surface area contributed by atoms with E-state index in [1.807, 2.05) is 115 Å². The lowest BCUT2D eigenvalue weighted by molar-refractivity contribution is -0.124. The van der Waals surface area contributed by atoms with E-state index in [9.17, 15) is 32.4 Å². The summed E-state index contributed by atoms with van der Waals surface area (Å²) in [5, 5.41) is 54.5. The van der Waals surface area contributed by atoms with Crippen LogP contribution in [0.3, 0.4) is 0 Å². The van der Waals surface area contributed by atoms with Crippen LogP contribution in [0, 0.1) is 0 Å². The minimum Gasteiger partial charge on any atom is -0.361 e. The van der Waals surface area contributed by atoms with Gasteiger partial charge in [0.1, 0.15) is 0 Å². The number of amides is 5. The number of sulfonamides is 1. The molecule has 26 nitrogen and oxygen atoms in total. The van der Waals surface area contributed by atoms with Crippen molar-refractivity contribution in [3.8, 4) is 0 Å². The van der Waals surface area contributed by atoms with Gasteiger partial charge in [-0.1, -0.05) is 212 Å². The number of nitrogens with zero attached hydrogens (tertiary/aromatic N) is 5. The summed E-state index contributed by atoms with van der Waals surface area (Å²) in [5.41, 5.74) is 28.1. The van der Waals surface area contributed by atoms with Gasteiger partial charge in [0, 0.05) is 166 Å². The van der Waals surface area contributed by atoms with Crippen LogP contribution in [0.25, 0.3) is 74.0 Å². The maximum atomic E-state index is 12.7. The van der Waals surface area contributed by atoms with Gasteiger partial charge >= 0.3 is 0 Å². The van der Waals surface area contributed by atoms with Crippen molar-refractivity contribution in [3.05, 3.63) is 382 Å². The van der Waals surface area contributed by atoms with Crippen LogP contribution < -0.4 is 38.0 Å². The van der Waals surface area contributed by atoms with Gasteiger partial charge in [-0.25, -0.2) is 40.1 Å². The van der Waals surface area contributed by atoms with E-state index in [0.29, 0.717) is 18.5 Å². The number of para-hydroxylation sites is 4. The zero-order chi connectivity index (χ0) is 91.7. The smallest absolute Gasteiger partial charge is 0.267 e. The Kier molecular flexibility index (Phi) is 38.4. The SMILES string of the molecule is CN(CCc1c[nH]c2ccccc12)Cc1ccc(/C=C/C(=O)NO)cc1.CN(CCc1ccccc1)S(=O)(=O)c1cccc(/C=C/C(=O)NO)c1.CN(CCc1cn(C)c2ccccc12)Cc1ccc(/C=C/C(=O)NO)cc1.Cn1cc(CCNCc2ccc(/C=C/C(=O)NO)cc2)c2ccccc21.O=C(/C=C/c1ccc(CNCCc2c[nH]c3ccccc23)cc1)NO. The van der Waals surface area contributed by atoms with E-state index in [2.05, 4.69) is 202 Å².